The molecule has 1 saturated heterocycles. The first-order valence-electron chi connectivity index (χ1n) is 8.33. The molecule has 5 nitrogen and oxygen atoms in total. The molecule has 3 heterocycles. The van der Waals surface area contributed by atoms with Gasteiger partial charge in [0.15, 0.2) is 5.89 Å². The van der Waals surface area contributed by atoms with E-state index in [4.69, 9.17) is 9.40 Å². The van der Waals surface area contributed by atoms with Crippen LogP contribution in [0, 0.1) is 12.8 Å². The quantitative estimate of drug-likeness (QED) is 0.803. The fraction of sp³-hybridized carbons (Fsp3) is 0.444. The van der Waals surface area contributed by atoms with E-state index in [9.17, 15) is 0 Å². The third-order valence-electron chi connectivity index (χ3n) is 4.58. The van der Waals surface area contributed by atoms with Crippen molar-refractivity contribution in [3.05, 3.63) is 47.9 Å². The average Bonchev–Trinajstić information content (AvgIpc) is 3.13. The van der Waals surface area contributed by atoms with Crippen LogP contribution in [-0.2, 0) is 13.0 Å². The van der Waals surface area contributed by atoms with Crippen molar-refractivity contribution in [3.8, 4) is 0 Å². The Morgan fingerprint density at radius 1 is 1.30 bits per heavy atom. The zero-order chi connectivity index (χ0) is 15.6. The standard InChI is InChI=1S/C18H22N4O/c1-13-19-15(12-23-13)11-22-8-4-5-14(10-22)9-18-20-16-6-2-3-7-17(16)21-18/h2-3,6-7,12,14H,4-5,8-11H2,1H3,(H,20,21)/t14-/m1/s1. The number of hydrogen-bond donors (Lipinski definition) is 1. The molecule has 0 spiro atoms. The Labute approximate surface area is 135 Å². The molecule has 0 amide bonds. The Hall–Kier alpha value is -2.14. The molecule has 0 radical (unpaired) electrons. The summed E-state index contributed by atoms with van der Waals surface area (Å²) in [7, 11) is 0. The molecule has 1 aliphatic heterocycles. The van der Waals surface area contributed by atoms with Gasteiger partial charge in [-0.25, -0.2) is 9.97 Å². The van der Waals surface area contributed by atoms with Crippen molar-refractivity contribution in [2.75, 3.05) is 13.1 Å². The number of imidazole rings is 1. The van der Waals surface area contributed by atoms with Gasteiger partial charge in [0.1, 0.15) is 12.1 Å². The number of aromatic nitrogens is 3. The van der Waals surface area contributed by atoms with Gasteiger partial charge in [-0.2, -0.15) is 0 Å². The third-order valence-corrected chi connectivity index (χ3v) is 4.58. The van der Waals surface area contributed by atoms with Crippen molar-refractivity contribution < 1.29 is 4.42 Å². The number of fused-ring (bicyclic) bond motifs is 1. The lowest BCUT2D eigenvalue weighted by Gasteiger charge is -2.31. The Balaban J connectivity index is 1.40. The van der Waals surface area contributed by atoms with Crippen LogP contribution in [0.5, 0.6) is 0 Å². The molecule has 5 heteroatoms. The summed E-state index contributed by atoms with van der Waals surface area (Å²) in [5, 5.41) is 0. The summed E-state index contributed by atoms with van der Waals surface area (Å²) in [6.45, 7) is 5.02. The minimum Gasteiger partial charge on any atom is -0.449 e. The number of likely N-dealkylation sites (tertiary alicyclic amines) is 1. The molecule has 0 saturated carbocycles. The smallest absolute Gasteiger partial charge is 0.191 e. The van der Waals surface area contributed by atoms with E-state index in [2.05, 4.69) is 27.0 Å². The fourth-order valence-corrected chi connectivity index (χ4v) is 3.55. The molecule has 1 aliphatic rings. The molecule has 2 aromatic heterocycles. The van der Waals surface area contributed by atoms with Crippen LogP contribution in [0.2, 0.25) is 0 Å². The molecule has 1 aromatic carbocycles. The molecule has 3 aromatic rings. The number of piperidine rings is 1. The average molecular weight is 310 g/mol. The van der Waals surface area contributed by atoms with Gasteiger partial charge in [-0.3, -0.25) is 4.90 Å². The molecule has 1 fully saturated rings. The Morgan fingerprint density at radius 3 is 3.04 bits per heavy atom. The van der Waals surface area contributed by atoms with Gasteiger partial charge in [0.25, 0.3) is 0 Å². The molecule has 4 rings (SSSR count). The third kappa shape index (κ3) is 3.29. The van der Waals surface area contributed by atoms with E-state index in [1.165, 1.54) is 12.8 Å². The molecule has 1 atom stereocenters. The van der Waals surface area contributed by atoms with Crippen LogP contribution in [0.3, 0.4) is 0 Å². The highest BCUT2D eigenvalue weighted by Crippen LogP contribution is 2.22. The molecular weight excluding hydrogens is 288 g/mol. The molecule has 0 aliphatic carbocycles. The fourth-order valence-electron chi connectivity index (χ4n) is 3.55. The second-order valence-corrected chi connectivity index (χ2v) is 6.51. The second kappa shape index (κ2) is 6.16. The molecule has 1 N–H and O–H groups in total. The van der Waals surface area contributed by atoms with Crippen molar-refractivity contribution in [3.63, 3.8) is 0 Å². The normalized spacial score (nSPS) is 19.4. The van der Waals surface area contributed by atoms with Crippen molar-refractivity contribution >= 4 is 11.0 Å². The summed E-state index contributed by atoms with van der Waals surface area (Å²) in [6.07, 6.45) is 5.30. The van der Waals surface area contributed by atoms with E-state index in [0.717, 1.165) is 54.5 Å². The van der Waals surface area contributed by atoms with E-state index >= 15 is 0 Å². The number of nitrogens with one attached hydrogen (secondary N) is 1. The maximum absolute atomic E-state index is 5.31. The van der Waals surface area contributed by atoms with Crippen molar-refractivity contribution in [1.82, 2.24) is 19.9 Å². The number of oxazole rings is 1. The molecule has 23 heavy (non-hydrogen) atoms. The number of hydrogen-bond acceptors (Lipinski definition) is 4. The maximum Gasteiger partial charge on any atom is 0.191 e. The van der Waals surface area contributed by atoms with Crippen LogP contribution in [0.1, 0.15) is 30.3 Å². The minimum atomic E-state index is 0.650. The van der Waals surface area contributed by atoms with Gasteiger partial charge in [0, 0.05) is 26.4 Å². The Morgan fingerprint density at radius 2 is 2.22 bits per heavy atom. The largest absolute Gasteiger partial charge is 0.449 e. The molecule has 120 valence electrons. The van der Waals surface area contributed by atoms with Gasteiger partial charge in [0.05, 0.1) is 16.7 Å². The van der Waals surface area contributed by atoms with Crippen LogP contribution < -0.4 is 0 Å². The van der Waals surface area contributed by atoms with Gasteiger partial charge < -0.3 is 9.40 Å². The van der Waals surface area contributed by atoms with Gasteiger partial charge >= 0.3 is 0 Å². The number of para-hydroxylation sites is 2. The summed E-state index contributed by atoms with van der Waals surface area (Å²) in [5.74, 6) is 2.50. The summed E-state index contributed by atoms with van der Waals surface area (Å²) in [4.78, 5) is 15.1. The van der Waals surface area contributed by atoms with Crippen LogP contribution in [-0.4, -0.2) is 32.9 Å². The van der Waals surface area contributed by atoms with Crippen LogP contribution in [0.4, 0.5) is 0 Å². The van der Waals surface area contributed by atoms with Gasteiger partial charge in [-0.05, 0) is 37.4 Å². The first kappa shape index (κ1) is 14.5. The van der Waals surface area contributed by atoms with E-state index in [0.29, 0.717) is 5.92 Å². The van der Waals surface area contributed by atoms with Crippen LogP contribution >= 0.6 is 0 Å². The molecule has 0 bridgehead atoms. The van der Waals surface area contributed by atoms with E-state index in [-0.39, 0.29) is 0 Å². The lowest BCUT2D eigenvalue weighted by molar-refractivity contribution is 0.164. The Bertz CT molecular complexity index is 758. The maximum atomic E-state index is 5.31. The van der Waals surface area contributed by atoms with E-state index in [1.807, 2.05) is 19.1 Å². The number of rotatable bonds is 4. The minimum absolute atomic E-state index is 0.650. The van der Waals surface area contributed by atoms with Crippen LogP contribution in [0.25, 0.3) is 11.0 Å². The zero-order valence-electron chi connectivity index (χ0n) is 13.5. The number of nitrogens with zero attached hydrogens (tertiary/aromatic N) is 3. The lowest BCUT2D eigenvalue weighted by Crippen LogP contribution is -2.36. The van der Waals surface area contributed by atoms with Gasteiger partial charge in [-0.1, -0.05) is 12.1 Å². The van der Waals surface area contributed by atoms with Crippen molar-refractivity contribution in [1.29, 1.82) is 0 Å². The van der Waals surface area contributed by atoms with E-state index in [1.54, 1.807) is 6.26 Å². The summed E-state index contributed by atoms with van der Waals surface area (Å²) in [5.41, 5.74) is 3.23. The van der Waals surface area contributed by atoms with Crippen molar-refractivity contribution in [2.45, 2.75) is 32.7 Å². The van der Waals surface area contributed by atoms with Gasteiger partial charge in [0.2, 0.25) is 0 Å². The lowest BCUT2D eigenvalue weighted by atomic mass is 9.94. The summed E-state index contributed by atoms with van der Waals surface area (Å²) >= 11 is 0. The topological polar surface area (TPSA) is 58.0 Å². The highest BCUT2D eigenvalue weighted by Gasteiger charge is 2.22. The SMILES string of the molecule is Cc1nc(CN2CCC[C@H](Cc3nc4ccccc4[nH]3)C2)co1. The monoisotopic (exact) mass is 310 g/mol. The number of aromatic amines is 1. The molecule has 0 unspecified atom stereocenters. The highest BCUT2D eigenvalue weighted by molar-refractivity contribution is 5.74. The Kier molecular flexibility index (Phi) is 3.87. The van der Waals surface area contributed by atoms with Crippen LogP contribution in [0.15, 0.2) is 34.9 Å². The number of benzene rings is 1. The predicted octanol–water partition coefficient (Wildman–Crippen LogP) is 3.31. The summed E-state index contributed by atoms with van der Waals surface area (Å²) in [6, 6.07) is 8.24. The summed E-state index contributed by atoms with van der Waals surface area (Å²) < 4.78 is 5.31. The predicted molar refractivity (Wildman–Crippen MR) is 89.0 cm³/mol. The zero-order valence-corrected chi connectivity index (χ0v) is 13.5. The first-order valence-corrected chi connectivity index (χ1v) is 8.33. The number of H-pyrrole nitrogens is 1. The molecular formula is C18H22N4O. The van der Waals surface area contributed by atoms with E-state index < -0.39 is 0 Å². The highest BCUT2D eigenvalue weighted by atomic mass is 16.3. The van der Waals surface area contributed by atoms with Crippen molar-refractivity contribution in [2.24, 2.45) is 5.92 Å². The first-order chi connectivity index (χ1) is 11.3. The van der Waals surface area contributed by atoms with Gasteiger partial charge in [-0.15, -0.1) is 0 Å². The second-order valence-electron chi connectivity index (χ2n) is 6.51. The number of aryl methyl sites for hydroxylation is 1.